The van der Waals surface area contributed by atoms with Gasteiger partial charge in [-0.25, -0.2) is 4.98 Å². The average molecular weight is 479 g/mol. The number of hydrogen-bond donors (Lipinski definition) is 3. The summed E-state index contributed by atoms with van der Waals surface area (Å²) in [5, 5.41) is 6.76. The van der Waals surface area contributed by atoms with Crippen molar-refractivity contribution in [2.75, 3.05) is 51.6 Å². The summed E-state index contributed by atoms with van der Waals surface area (Å²) in [7, 11) is 7.72. The summed E-state index contributed by atoms with van der Waals surface area (Å²) in [5.41, 5.74) is 10.1. The minimum Gasteiger partial charge on any atom is -0.495 e. The van der Waals surface area contributed by atoms with E-state index in [2.05, 4.69) is 65.5 Å². The molecule has 0 bridgehead atoms. The Balaban J connectivity index is 1.60. The fourth-order valence-electron chi connectivity index (χ4n) is 4.81. The normalized spacial score (nSPS) is 23.1. The number of likely N-dealkylation sites (N-methyl/N-ethyl adjacent to an activating group) is 1. The van der Waals surface area contributed by atoms with Gasteiger partial charge in [0.25, 0.3) is 0 Å². The van der Waals surface area contributed by atoms with Crippen LogP contribution in [0.25, 0.3) is 0 Å². The standard InChI is InChI=1S/C26H38N8O/c1-17-8-9-19-23(30-17)25(2,3)16-34(19)22-10-12-29-24(32-22)31-18-14-21(27)26(28-4,11-13-33(5)6)15-20(18)35-7/h8-10,12,14-15,21,28H,11,13,16,27H2,1-7H3,(H,29,31,32). The van der Waals surface area contributed by atoms with Gasteiger partial charge in [-0.3, -0.25) is 4.98 Å². The third-order valence-electron chi connectivity index (χ3n) is 6.92. The van der Waals surface area contributed by atoms with E-state index in [-0.39, 0.29) is 11.5 Å². The van der Waals surface area contributed by atoms with Gasteiger partial charge in [0.2, 0.25) is 5.95 Å². The van der Waals surface area contributed by atoms with Crippen molar-refractivity contribution in [3.63, 3.8) is 0 Å². The van der Waals surface area contributed by atoms with Gasteiger partial charge in [-0.15, -0.1) is 0 Å². The summed E-state index contributed by atoms with van der Waals surface area (Å²) in [4.78, 5) is 18.5. The molecule has 2 unspecified atom stereocenters. The Kier molecular flexibility index (Phi) is 6.86. The van der Waals surface area contributed by atoms with E-state index in [4.69, 9.17) is 20.4 Å². The largest absolute Gasteiger partial charge is 0.495 e. The fourth-order valence-corrected chi connectivity index (χ4v) is 4.81. The van der Waals surface area contributed by atoms with Crippen molar-refractivity contribution in [1.82, 2.24) is 25.2 Å². The summed E-state index contributed by atoms with van der Waals surface area (Å²) in [6.07, 6.45) is 6.67. The second-order valence-corrected chi connectivity index (χ2v) is 10.3. The molecule has 9 heteroatoms. The monoisotopic (exact) mass is 478 g/mol. The molecule has 1 aliphatic heterocycles. The maximum absolute atomic E-state index is 6.64. The lowest BCUT2D eigenvalue weighted by molar-refractivity contribution is 0.260. The number of aryl methyl sites for hydroxylation is 1. The summed E-state index contributed by atoms with van der Waals surface area (Å²) in [6.45, 7) is 8.15. The molecular weight excluding hydrogens is 440 g/mol. The van der Waals surface area contributed by atoms with Gasteiger partial charge in [-0.05, 0) is 71.4 Å². The molecule has 4 rings (SSSR count). The molecule has 4 N–H and O–H groups in total. The minimum absolute atomic E-state index is 0.0758. The lowest BCUT2D eigenvalue weighted by Crippen LogP contribution is -2.57. The summed E-state index contributed by atoms with van der Waals surface area (Å²) < 4.78 is 5.75. The van der Waals surface area contributed by atoms with Crippen LogP contribution in [0.1, 0.15) is 31.7 Å². The Morgan fingerprint density at radius 1 is 1.23 bits per heavy atom. The van der Waals surface area contributed by atoms with Gasteiger partial charge < -0.3 is 30.9 Å². The first-order valence-electron chi connectivity index (χ1n) is 12.0. The fraction of sp³-hybridized carbons (Fsp3) is 0.500. The average Bonchev–Trinajstić information content (AvgIpc) is 3.09. The predicted molar refractivity (Wildman–Crippen MR) is 141 cm³/mol. The van der Waals surface area contributed by atoms with E-state index in [1.54, 1.807) is 13.3 Å². The molecule has 0 amide bonds. The van der Waals surface area contributed by atoms with Gasteiger partial charge in [-0.2, -0.15) is 4.98 Å². The number of methoxy groups -OCH3 is 1. The number of aromatic nitrogens is 3. The molecule has 9 nitrogen and oxygen atoms in total. The Labute approximate surface area is 208 Å². The van der Waals surface area contributed by atoms with E-state index in [9.17, 15) is 0 Å². The van der Waals surface area contributed by atoms with Crippen molar-refractivity contribution >= 4 is 17.5 Å². The zero-order valence-electron chi connectivity index (χ0n) is 21.9. The molecule has 2 aliphatic rings. The van der Waals surface area contributed by atoms with Crippen LogP contribution in [0.15, 0.2) is 48.0 Å². The Hall–Kier alpha value is -3.01. The van der Waals surface area contributed by atoms with Gasteiger partial charge in [0.1, 0.15) is 11.6 Å². The van der Waals surface area contributed by atoms with Crippen molar-refractivity contribution in [3.05, 3.63) is 59.4 Å². The highest BCUT2D eigenvalue weighted by atomic mass is 16.5. The van der Waals surface area contributed by atoms with Crippen LogP contribution in [-0.4, -0.2) is 72.8 Å². The van der Waals surface area contributed by atoms with Gasteiger partial charge in [0, 0.05) is 29.9 Å². The van der Waals surface area contributed by atoms with E-state index >= 15 is 0 Å². The highest BCUT2D eigenvalue weighted by Crippen LogP contribution is 2.42. The lowest BCUT2D eigenvalue weighted by Gasteiger charge is -2.39. The number of rotatable bonds is 8. The summed E-state index contributed by atoms with van der Waals surface area (Å²) in [5.74, 6) is 2.01. The number of ether oxygens (including phenoxy) is 1. The van der Waals surface area contributed by atoms with E-state index < -0.39 is 5.54 Å². The van der Waals surface area contributed by atoms with Gasteiger partial charge in [-0.1, -0.05) is 13.8 Å². The van der Waals surface area contributed by atoms with E-state index in [1.807, 2.05) is 32.2 Å². The number of pyridine rings is 1. The molecule has 0 aromatic carbocycles. The molecule has 2 aromatic heterocycles. The van der Waals surface area contributed by atoms with Crippen LogP contribution < -0.4 is 21.3 Å². The first kappa shape index (κ1) is 25.1. The topological polar surface area (TPSA) is 104 Å². The van der Waals surface area contributed by atoms with Crippen molar-refractivity contribution in [2.45, 2.75) is 44.2 Å². The lowest BCUT2D eigenvalue weighted by atomic mass is 9.82. The molecule has 35 heavy (non-hydrogen) atoms. The molecule has 2 aromatic rings. The van der Waals surface area contributed by atoms with Crippen LogP contribution in [-0.2, 0) is 10.2 Å². The third-order valence-corrected chi connectivity index (χ3v) is 6.92. The molecule has 0 fully saturated rings. The number of hydrogen-bond acceptors (Lipinski definition) is 9. The zero-order valence-corrected chi connectivity index (χ0v) is 21.9. The highest BCUT2D eigenvalue weighted by Gasteiger charge is 2.39. The maximum Gasteiger partial charge on any atom is 0.229 e. The summed E-state index contributed by atoms with van der Waals surface area (Å²) in [6, 6.07) is 5.85. The Morgan fingerprint density at radius 3 is 2.69 bits per heavy atom. The highest BCUT2D eigenvalue weighted by molar-refractivity contribution is 5.69. The molecule has 0 saturated carbocycles. The number of anilines is 3. The molecule has 0 saturated heterocycles. The maximum atomic E-state index is 6.64. The predicted octanol–water partition coefficient (Wildman–Crippen LogP) is 2.69. The van der Waals surface area contributed by atoms with Crippen LogP contribution in [0.5, 0.6) is 0 Å². The van der Waals surface area contributed by atoms with E-state index in [1.165, 1.54) is 0 Å². The second-order valence-electron chi connectivity index (χ2n) is 10.3. The van der Waals surface area contributed by atoms with Crippen molar-refractivity contribution < 1.29 is 4.74 Å². The number of fused-ring (bicyclic) bond motifs is 1. The van der Waals surface area contributed by atoms with Crippen LogP contribution in [0.4, 0.5) is 17.5 Å². The SMILES string of the molecule is CNC1(CCN(C)C)C=C(OC)C(Nc2nccc(N3CC(C)(C)c4nc(C)ccc43)n2)=CC1N. The Morgan fingerprint density at radius 2 is 2.00 bits per heavy atom. The van der Waals surface area contributed by atoms with E-state index in [0.29, 0.717) is 11.7 Å². The molecule has 0 radical (unpaired) electrons. The number of nitrogens with zero attached hydrogens (tertiary/aromatic N) is 5. The zero-order chi connectivity index (χ0) is 25.4. The molecule has 0 spiro atoms. The Bertz CT molecular complexity index is 1140. The molecule has 2 atom stereocenters. The molecular formula is C26H38N8O. The smallest absolute Gasteiger partial charge is 0.229 e. The number of nitrogens with two attached hydrogens (primary N) is 1. The van der Waals surface area contributed by atoms with Crippen molar-refractivity contribution in [2.24, 2.45) is 5.73 Å². The molecule has 188 valence electrons. The van der Waals surface area contributed by atoms with E-state index in [0.717, 1.165) is 48.1 Å². The van der Waals surface area contributed by atoms with Gasteiger partial charge >= 0.3 is 0 Å². The second kappa shape index (κ2) is 9.56. The van der Waals surface area contributed by atoms with Gasteiger partial charge in [0.15, 0.2) is 0 Å². The molecule has 3 heterocycles. The first-order valence-corrected chi connectivity index (χ1v) is 12.0. The molecule has 1 aliphatic carbocycles. The van der Waals surface area contributed by atoms with Crippen LogP contribution in [0.2, 0.25) is 0 Å². The van der Waals surface area contributed by atoms with Crippen LogP contribution >= 0.6 is 0 Å². The van der Waals surface area contributed by atoms with Crippen LogP contribution in [0, 0.1) is 6.92 Å². The third kappa shape index (κ3) is 4.89. The van der Waals surface area contributed by atoms with Crippen molar-refractivity contribution in [3.8, 4) is 0 Å². The minimum atomic E-state index is -0.403. The van der Waals surface area contributed by atoms with Crippen LogP contribution in [0.3, 0.4) is 0 Å². The van der Waals surface area contributed by atoms with Crippen molar-refractivity contribution in [1.29, 1.82) is 0 Å². The quantitative estimate of drug-likeness (QED) is 0.528. The first-order chi connectivity index (χ1) is 16.6. The van der Waals surface area contributed by atoms with Gasteiger partial charge in [0.05, 0.1) is 29.7 Å². The summed E-state index contributed by atoms with van der Waals surface area (Å²) >= 11 is 0. The number of nitrogens with one attached hydrogen (secondary N) is 2.